The predicted molar refractivity (Wildman–Crippen MR) is 126 cm³/mol. The maximum atomic E-state index is 13.0. The molecule has 0 spiro atoms. The van der Waals surface area contributed by atoms with Crippen LogP contribution >= 0.6 is 0 Å². The average molecular weight is 456 g/mol. The molecule has 4 aliphatic rings. The molecule has 0 amide bonds. The number of carbonyl (C=O) groups excluding carboxylic acids is 2. The maximum absolute atomic E-state index is 13.0. The summed E-state index contributed by atoms with van der Waals surface area (Å²) in [6.45, 7) is 1.69. The van der Waals surface area contributed by atoms with Crippen molar-refractivity contribution in [2.45, 2.75) is 24.7 Å². The average Bonchev–Trinajstić information content (AvgIpc) is 3.52. The van der Waals surface area contributed by atoms with Gasteiger partial charge in [0.1, 0.15) is 0 Å². The van der Waals surface area contributed by atoms with Crippen molar-refractivity contribution in [1.82, 2.24) is 0 Å². The van der Waals surface area contributed by atoms with Gasteiger partial charge in [0.25, 0.3) is 5.69 Å². The number of ketones is 1. The number of non-ortho nitro benzene ring substituents is 1. The Labute approximate surface area is 196 Å². The second kappa shape index (κ2) is 7.94. The molecule has 0 bridgehead atoms. The zero-order chi connectivity index (χ0) is 23.4. The van der Waals surface area contributed by atoms with Crippen LogP contribution in [0.4, 0.5) is 11.4 Å². The van der Waals surface area contributed by atoms with E-state index in [0.29, 0.717) is 29.2 Å². The second-order valence-electron chi connectivity index (χ2n) is 9.61. The van der Waals surface area contributed by atoms with Crippen molar-refractivity contribution in [3.05, 3.63) is 93.1 Å². The first-order chi connectivity index (χ1) is 16.5. The summed E-state index contributed by atoms with van der Waals surface area (Å²) in [6.07, 6.45) is 11.1. The molecule has 34 heavy (non-hydrogen) atoms. The summed E-state index contributed by atoms with van der Waals surface area (Å²) in [4.78, 5) is 38.3. The molecule has 7 heteroatoms. The molecule has 7 nitrogen and oxygen atoms in total. The highest BCUT2D eigenvalue weighted by Gasteiger charge is 2.42. The number of benzene rings is 2. The SMILES string of the molecule is O=C(COC(=O)c1cc2c3c(c1)[C@@H]1C=CC[C@@H]1CN3C[C@H]1CC=C[C@@H]21)c1ccc([N+](=O)[O-])cc1. The number of nitrogens with zero attached hydrogens (tertiary/aromatic N) is 2. The van der Waals surface area contributed by atoms with Crippen LogP contribution in [-0.2, 0) is 4.74 Å². The van der Waals surface area contributed by atoms with Crippen LogP contribution in [0.3, 0.4) is 0 Å². The van der Waals surface area contributed by atoms with Crippen LogP contribution in [0, 0.1) is 22.0 Å². The number of rotatable bonds is 5. The van der Waals surface area contributed by atoms with E-state index in [9.17, 15) is 19.7 Å². The molecule has 2 aromatic carbocycles. The standard InChI is InChI=1S/C27H24N2O5/c30-25(16-7-9-20(10-8-16)29(32)33)15-34-27(31)19-11-23-21-5-1-3-17(21)13-28-14-18-4-2-6-22(18)24(12-19)26(23)28/h1-2,5-12,17-18,21-22H,3-4,13-15H2/t17-,18-,21-,22-/m1/s1. The minimum Gasteiger partial charge on any atom is -0.454 e. The van der Waals surface area contributed by atoms with Crippen molar-refractivity contribution < 1.29 is 19.2 Å². The molecule has 0 saturated heterocycles. The van der Waals surface area contributed by atoms with Gasteiger partial charge in [-0.15, -0.1) is 0 Å². The van der Waals surface area contributed by atoms with Gasteiger partial charge in [0.2, 0.25) is 0 Å². The molecule has 0 radical (unpaired) electrons. The molecule has 6 rings (SSSR count). The molecule has 0 fully saturated rings. The number of hydrogen-bond donors (Lipinski definition) is 0. The lowest BCUT2D eigenvalue weighted by Gasteiger charge is -2.46. The maximum Gasteiger partial charge on any atom is 0.338 e. The molecule has 2 aromatic rings. The third kappa shape index (κ3) is 3.34. The highest BCUT2D eigenvalue weighted by molar-refractivity contribution is 5.99. The van der Waals surface area contributed by atoms with Crippen LogP contribution in [0.2, 0.25) is 0 Å². The number of anilines is 1. The van der Waals surface area contributed by atoms with Gasteiger partial charge in [0.15, 0.2) is 12.4 Å². The topological polar surface area (TPSA) is 89.8 Å². The van der Waals surface area contributed by atoms with Gasteiger partial charge in [-0.2, -0.15) is 0 Å². The first-order valence-corrected chi connectivity index (χ1v) is 11.7. The fourth-order valence-corrected chi connectivity index (χ4v) is 6.06. The Morgan fingerprint density at radius 1 is 0.941 bits per heavy atom. The van der Waals surface area contributed by atoms with Crippen LogP contribution in [0.5, 0.6) is 0 Å². The minimum atomic E-state index is -0.522. The minimum absolute atomic E-state index is 0.0934. The summed E-state index contributed by atoms with van der Waals surface area (Å²) in [6, 6.07) is 9.21. The fourth-order valence-electron chi connectivity index (χ4n) is 6.06. The molecule has 2 aliphatic heterocycles. The lowest BCUT2D eigenvalue weighted by Crippen LogP contribution is -2.43. The Hall–Kier alpha value is -3.74. The fraction of sp³-hybridized carbons (Fsp3) is 0.333. The van der Waals surface area contributed by atoms with E-state index in [1.165, 1.54) is 41.1 Å². The second-order valence-corrected chi connectivity index (χ2v) is 9.61. The number of fused-ring (bicyclic) bond motifs is 4. The van der Waals surface area contributed by atoms with E-state index in [0.717, 1.165) is 25.9 Å². The number of allylic oxidation sites excluding steroid dienone is 4. The largest absolute Gasteiger partial charge is 0.454 e. The van der Waals surface area contributed by atoms with Crippen molar-refractivity contribution in [2.75, 3.05) is 24.6 Å². The molecule has 172 valence electrons. The molecule has 2 aliphatic carbocycles. The third-order valence-electron chi connectivity index (χ3n) is 7.66. The first kappa shape index (κ1) is 20.8. The van der Waals surface area contributed by atoms with Gasteiger partial charge < -0.3 is 9.64 Å². The van der Waals surface area contributed by atoms with Crippen molar-refractivity contribution in [3.63, 3.8) is 0 Å². The van der Waals surface area contributed by atoms with E-state index in [-0.39, 0.29) is 11.3 Å². The van der Waals surface area contributed by atoms with E-state index < -0.39 is 23.3 Å². The van der Waals surface area contributed by atoms with Gasteiger partial charge in [-0.25, -0.2) is 4.79 Å². The Balaban J connectivity index is 1.27. The number of nitro benzene ring substituents is 1. The van der Waals surface area contributed by atoms with Crippen LogP contribution < -0.4 is 4.90 Å². The molecule has 4 atom stereocenters. The van der Waals surface area contributed by atoms with Crippen LogP contribution in [0.25, 0.3) is 0 Å². The molecule has 2 heterocycles. The summed E-state index contributed by atoms with van der Waals surface area (Å²) in [7, 11) is 0. The third-order valence-corrected chi connectivity index (χ3v) is 7.66. The number of hydrogen-bond acceptors (Lipinski definition) is 6. The van der Waals surface area contributed by atoms with Crippen molar-refractivity contribution in [2.24, 2.45) is 11.8 Å². The monoisotopic (exact) mass is 456 g/mol. The zero-order valence-electron chi connectivity index (χ0n) is 18.6. The summed E-state index contributed by atoms with van der Waals surface area (Å²) >= 11 is 0. The number of Topliss-reactive ketones (excluding diaryl/α,β-unsaturated/α-hetero) is 1. The summed E-state index contributed by atoms with van der Waals surface area (Å²) in [5.74, 6) is 0.755. The quantitative estimate of drug-likeness (QED) is 0.211. The van der Waals surface area contributed by atoms with Gasteiger partial charge >= 0.3 is 5.97 Å². The normalized spacial score (nSPS) is 25.5. The van der Waals surface area contributed by atoms with E-state index in [1.807, 2.05) is 12.1 Å². The zero-order valence-corrected chi connectivity index (χ0v) is 18.6. The van der Waals surface area contributed by atoms with Crippen molar-refractivity contribution in [3.8, 4) is 0 Å². The molecule has 0 N–H and O–H groups in total. The summed E-state index contributed by atoms with van der Waals surface area (Å²) in [5.41, 5.74) is 4.31. The molecule has 0 aromatic heterocycles. The first-order valence-electron chi connectivity index (χ1n) is 11.7. The highest BCUT2D eigenvalue weighted by atomic mass is 16.6. The van der Waals surface area contributed by atoms with Crippen LogP contribution in [-0.4, -0.2) is 36.4 Å². The van der Waals surface area contributed by atoms with E-state index in [1.54, 1.807) is 0 Å². The summed E-state index contributed by atoms with van der Waals surface area (Å²) < 4.78 is 5.41. The molecule has 0 saturated carbocycles. The van der Waals surface area contributed by atoms with E-state index in [2.05, 4.69) is 29.2 Å². The van der Waals surface area contributed by atoms with E-state index >= 15 is 0 Å². The van der Waals surface area contributed by atoms with Gasteiger partial charge in [0, 0.05) is 48.3 Å². The summed E-state index contributed by atoms with van der Waals surface area (Å²) in [5, 5.41) is 10.8. The molecular weight excluding hydrogens is 432 g/mol. The van der Waals surface area contributed by atoms with Gasteiger partial charge in [-0.1, -0.05) is 24.3 Å². The number of nitro groups is 1. The number of carbonyl (C=O) groups is 2. The lowest BCUT2D eigenvalue weighted by molar-refractivity contribution is -0.384. The van der Waals surface area contributed by atoms with E-state index in [4.69, 9.17) is 4.74 Å². The Kier molecular flexibility index (Phi) is 4.86. The predicted octanol–water partition coefficient (Wildman–Crippen LogP) is 4.79. The van der Waals surface area contributed by atoms with Gasteiger partial charge in [-0.05, 0) is 60.1 Å². The van der Waals surface area contributed by atoms with Crippen molar-refractivity contribution in [1.29, 1.82) is 0 Å². The smallest absolute Gasteiger partial charge is 0.338 e. The van der Waals surface area contributed by atoms with Crippen molar-refractivity contribution >= 4 is 23.1 Å². The Morgan fingerprint density at radius 2 is 1.53 bits per heavy atom. The molecule has 0 unspecified atom stereocenters. The molecular formula is C27H24N2O5. The van der Waals surface area contributed by atoms with Gasteiger partial charge in [-0.3, -0.25) is 14.9 Å². The lowest BCUT2D eigenvalue weighted by atomic mass is 9.74. The van der Waals surface area contributed by atoms with Crippen LogP contribution in [0.15, 0.2) is 60.7 Å². The number of ether oxygens (including phenoxy) is 1. The van der Waals surface area contributed by atoms with Gasteiger partial charge in [0.05, 0.1) is 10.5 Å². The Bertz CT molecular complexity index is 1210. The Morgan fingerprint density at radius 3 is 2.09 bits per heavy atom. The van der Waals surface area contributed by atoms with Crippen LogP contribution in [0.1, 0.15) is 56.5 Å². The number of esters is 1. The highest BCUT2D eigenvalue weighted by Crippen LogP contribution is 2.53.